The van der Waals surface area contributed by atoms with Crippen molar-refractivity contribution in [2.75, 3.05) is 0 Å². The maximum atomic E-state index is 10.9. The molecule has 3 fully saturated rings. The molecule has 4 aliphatic rings. The molecule has 0 aromatic heterocycles. The summed E-state index contributed by atoms with van der Waals surface area (Å²) in [6, 6.07) is 0. The van der Waals surface area contributed by atoms with Crippen molar-refractivity contribution in [3.8, 4) is 0 Å². The fourth-order valence-electron chi connectivity index (χ4n) is 6.60. The molecule has 4 rings (SSSR count). The van der Waals surface area contributed by atoms with Crippen LogP contribution in [0.4, 0.5) is 0 Å². The van der Waals surface area contributed by atoms with E-state index in [2.05, 4.69) is 19.9 Å². The zero-order valence-electron chi connectivity index (χ0n) is 13.8. The molecule has 0 aromatic rings. The monoisotopic (exact) mass is 322 g/mol. The maximum Gasteiger partial charge on any atom is 0.0757 e. The topological polar surface area (TPSA) is 40.5 Å². The lowest BCUT2D eigenvalue weighted by Gasteiger charge is -2.58. The van der Waals surface area contributed by atoms with E-state index in [-0.39, 0.29) is 23.0 Å². The Labute approximate surface area is 139 Å². The van der Waals surface area contributed by atoms with Crippen LogP contribution in [-0.2, 0) is 0 Å². The van der Waals surface area contributed by atoms with Gasteiger partial charge in [-0.25, -0.2) is 0 Å². The van der Waals surface area contributed by atoms with Crippen LogP contribution < -0.4 is 0 Å². The van der Waals surface area contributed by atoms with E-state index in [1.165, 1.54) is 18.4 Å². The van der Waals surface area contributed by atoms with Crippen LogP contribution in [0.25, 0.3) is 0 Å². The Kier molecular flexibility index (Phi) is 3.53. The Morgan fingerprint density at radius 1 is 1.05 bits per heavy atom. The molecule has 8 atom stereocenters. The Hall–Kier alpha value is 0.01000. The molecule has 124 valence electrons. The minimum atomic E-state index is -0.318. The average Bonchev–Trinajstić information content (AvgIpc) is 2.77. The summed E-state index contributed by atoms with van der Waals surface area (Å²) in [5.74, 6) is 1.42. The van der Waals surface area contributed by atoms with Crippen LogP contribution in [0.15, 0.2) is 11.6 Å². The first-order chi connectivity index (χ1) is 10.4. The minimum Gasteiger partial charge on any atom is -0.393 e. The van der Waals surface area contributed by atoms with Gasteiger partial charge in [-0.1, -0.05) is 25.5 Å². The third-order valence-electron chi connectivity index (χ3n) is 8.05. The Morgan fingerprint density at radius 3 is 2.59 bits per heavy atom. The molecule has 0 bridgehead atoms. The van der Waals surface area contributed by atoms with Crippen molar-refractivity contribution in [2.24, 2.45) is 28.6 Å². The number of aliphatic hydroxyl groups excluding tert-OH is 2. The van der Waals surface area contributed by atoms with E-state index >= 15 is 0 Å². The molecule has 22 heavy (non-hydrogen) atoms. The highest BCUT2D eigenvalue weighted by molar-refractivity contribution is 7.80. The lowest BCUT2D eigenvalue weighted by Crippen LogP contribution is -2.55. The maximum absolute atomic E-state index is 10.9. The highest BCUT2D eigenvalue weighted by atomic mass is 32.1. The zero-order chi connectivity index (χ0) is 15.7. The Bertz CT molecular complexity index is 504. The van der Waals surface area contributed by atoms with Gasteiger partial charge in [0.1, 0.15) is 0 Å². The van der Waals surface area contributed by atoms with Crippen molar-refractivity contribution in [1.29, 1.82) is 0 Å². The predicted molar refractivity (Wildman–Crippen MR) is 91.9 cm³/mol. The van der Waals surface area contributed by atoms with Gasteiger partial charge in [-0.3, -0.25) is 0 Å². The van der Waals surface area contributed by atoms with Gasteiger partial charge in [-0.2, -0.15) is 12.6 Å². The van der Waals surface area contributed by atoms with E-state index in [1.54, 1.807) is 0 Å². The summed E-state index contributed by atoms with van der Waals surface area (Å²) in [4.78, 5) is 0. The van der Waals surface area contributed by atoms with Gasteiger partial charge in [0.15, 0.2) is 0 Å². The summed E-state index contributed by atoms with van der Waals surface area (Å²) in [5.41, 5.74) is 1.76. The Balaban J connectivity index is 1.73. The van der Waals surface area contributed by atoms with Gasteiger partial charge < -0.3 is 10.2 Å². The third kappa shape index (κ3) is 1.94. The zero-order valence-corrected chi connectivity index (χ0v) is 14.7. The van der Waals surface area contributed by atoms with E-state index in [9.17, 15) is 10.2 Å². The highest BCUT2D eigenvalue weighted by Crippen LogP contribution is 2.64. The van der Waals surface area contributed by atoms with Crippen LogP contribution in [0.5, 0.6) is 0 Å². The van der Waals surface area contributed by atoms with Gasteiger partial charge in [-0.05, 0) is 73.5 Å². The van der Waals surface area contributed by atoms with Crippen molar-refractivity contribution in [3.05, 3.63) is 11.6 Å². The van der Waals surface area contributed by atoms with Gasteiger partial charge in [0, 0.05) is 5.25 Å². The van der Waals surface area contributed by atoms with Gasteiger partial charge >= 0.3 is 0 Å². The van der Waals surface area contributed by atoms with Gasteiger partial charge in [0.05, 0.1) is 12.2 Å². The molecule has 3 saturated carbocycles. The van der Waals surface area contributed by atoms with E-state index < -0.39 is 0 Å². The van der Waals surface area contributed by atoms with E-state index in [4.69, 9.17) is 12.6 Å². The second-order valence-electron chi connectivity index (χ2n) is 8.92. The summed E-state index contributed by atoms with van der Waals surface area (Å²) < 4.78 is 0. The van der Waals surface area contributed by atoms with Crippen molar-refractivity contribution in [2.45, 2.75) is 76.3 Å². The van der Waals surface area contributed by atoms with Crippen LogP contribution in [0.3, 0.4) is 0 Å². The first-order valence-electron chi connectivity index (χ1n) is 9.11. The molecule has 0 radical (unpaired) electrons. The molecule has 3 heteroatoms. The van der Waals surface area contributed by atoms with Gasteiger partial charge in [-0.15, -0.1) is 0 Å². The summed E-state index contributed by atoms with van der Waals surface area (Å²) in [6.45, 7) is 4.71. The average molecular weight is 323 g/mol. The van der Waals surface area contributed by atoms with Crippen molar-refractivity contribution in [1.82, 2.24) is 0 Å². The van der Waals surface area contributed by atoms with Crippen LogP contribution in [-0.4, -0.2) is 27.7 Å². The lowest BCUT2D eigenvalue weighted by molar-refractivity contribution is -0.101. The SMILES string of the molecule is C[C@]12CC[C@H]3[C@@H]([C@@H](O)C=C4C[C@@H](S)CC[C@@]43C)[C@@H]1CC[C@@H]2O. The molecule has 0 aromatic carbocycles. The van der Waals surface area contributed by atoms with Crippen molar-refractivity contribution < 1.29 is 10.2 Å². The number of hydrogen-bond donors (Lipinski definition) is 3. The van der Waals surface area contributed by atoms with Crippen LogP contribution >= 0.6 is 12.6 Å². The van der Waals surface area contributed by atoms with Crippen LogP contribution in [0, 0.1) is 28.6 Å². The molecule has 2 nitrogen and oxygen atoms in total. The van der Waals surface area contributed by atoms with Gasteiger partial charge in [0.25, 0.3) is 0 Å². The largest absolute Gasteiger partial charge is 0.393 e. The predicted octanol–water partition coefficient (Wildman–Crippen LogP) is 3.58. The van der Waals surface area contributed by atoms with Crippen molar-refractivity contribution >= 4 is 12.6 Å². The lowest BCUT2D eigenvalue weighted by atomic mass is 9.47. The van der Waals surface area contributed by atoms with Crippen molar-refractivity contribution in [3.63, 3.8) is 0 Å². The second-order valence-corrected chi connectivity index (χ2v) is 9.65. The minimum absolute atomic E-state index is 0.0323. The molecule has 2 N–H and O–H groups in total. The summed E-state index contributed by atoms with van der Waals surface area (Å²) >= 11 is 4.69. The second kappa shape index (κ2) is 5.00. The number of fused-ring (bicyclic) bond motifs is 5. The van der Waals surface area contributed by atoms with E-state index in [1.807, 2.05) is 0 Å². The number of thiol groups is 1. The fraction of sp³-hybridized carbons (Fsp3) is 0.895. The smallest absolute Gasteiger partial charge is 0.0757 e. The van der Waals surface area contributed by atoms with Gasteiger partial charge in [0.2, 0.25) is 0 Å². The highest BCUT2D eigenvalue weighted by Gasteiger charge is 2.60. The van der Waals surface area contributed by atoms with E-state index in [0.29, 0.717) is 23.0 Å². The third-order valence-corrected chi connectivity index (χ3v) is 8.49. The van der Waals surface area contributed by atoms with Crippen LogP contribution in [0.1, 0.15) is 58.8 Å². The molecular weight excluding hydrogens is 292 g/mol. The standard InChI is InChI=1S/C19H30O2S/c1-18-7-5-12(22)9-11(18)10-15(20)17-13-3-4-16(21)19(13,2)8-6-14(17)18/h10,12-17,20-22H,3-9H2,1-2H3/t12-,13-,14-,15-,16-,17-,18-,19-/m0/s1. The van der Waals surface area contributed by atoms with Crippen LogP contribution in [0.2, 0.25) is 0 Å². The molecular formula is C19H30O2S. The Morgan fingerprint density at radius 2 is 1.82 bits per heavy atom. The number of rotatable bonds is 0. The molecule has 4 aliphatic carbocycles. The molecule has 0 spiro atoms. The number of aliphatic hydroxyl groups is 2. The summed E-state index contributed by atoms with van der Waals surface area (Å²) in [5, 5.41) is 21.9. The normalized spacial score (nSPS) is 57.6. The summed E-state index contributed by atoms with van der Waals surface area (Å²) in [6.07, 6.45) is 9.45. The fourth-order valence-corrected chi connectivity index (χ4v) is 6.93. The molecule has 0 amide bonds. The quantitative estimate of drug-likeness (QED) is 0.471. The molecule has 0 aliphatic heterocycles. The number of hydrogen-bond acceptors (Lipinski definition) is 3. The molecule has 0 unspecified atom stereocenters. The molecule has 0 heterocycles. The number of allylic oxidation sites excluding steroid dienone is 1. The first kappa shape index (κ1) is 15.5. The molecule has 0 saturated heterocycles. The summed E-state index contributed by atoms with van der Waals surface area (Å²) in [7, 11) is 0. The first-order valence-corrected chi connectivity index (χ1v) is 9.63. The van der Waals surface area contributed by atoms with E-state index in [0.717, 1.165) is 32.1 Å².